The Morgan fingerprint density at radius 3 is 2.88 bits per heavy atom. The van der Waals surface area contributed by atoms with E-state index in [1.807, 2.05) is 6.07 Å². The zero-order valence-electron chi connectivity index (χ0n) is 14.2. The van der Waals surface area contributed by atoms with Gasteiger partial charge in [0.2, 0.25) is 5.95 Å². The number of benzene rings is 1. The number of rotatable bonds is 5. The van der Waals surface area contributed by atoms with Crippen LogP contribution >= 0.6 is 0 Å². The molecule has 0 amide bonds. The van der Waals surface area contributed by atoms with Gasteiger partial charge in [-0.05, 0) is 44.4 Å². The number of nitrogen functional groups attached to an aromatic ring is 1. The largest absolute Gasteiger partial charge is 0.399 e. The number of nitrogens with two attached hydrogens (primary N) is 1. The van der Waals surface area contributed by atoms with Crippen molar-refractivity contribution < 1.29 is 4.39 Å². The maximum atomic E-state index is 14.0. The molecule has 6 heteroatoms. The Hall–Kier alpha value is -2.37. The van der Waals surface area contributed by atoms with E-state index < -0.39 is 0 Å². The Kier molecular flexibility index (Phi) is 4.83. The molecule has 24 heavy (non-hydrogen) atoms. The average molecular weight is 329 g/mol. The van der Waals surface area contributed by atoms with Crippen LogP contribution in [-0.4, -0.2) is 22.6 Å². The van der Waals surface area contributed by atoms with Gasteiger partial charge in [-0.3, -0.25) is 0 Å². The van der Waals surface area contributed by atoms with Gasteiger partial charge in [-0.1, -0.05) is 13.3 Å². The molecule has 3 rings (SSSR count). The Morgan fingerprint density at radius 1 is 1.33 bits per heavy atom. The van der Waals surface area contributed by atoms with Crippen molar-refractivity contribution in [1.82, 2.24) is 9.97 Å². The third kappa shape index (κ3) is 3.58. The summed E-state index contributed by atoms with van der Waals surface area (Å²) >= 11 is 0. The smallest absolute Gasteiger partial charge is 0.229 e. The van der Waals surface area contributed by atoms with Gasteiger partial charge >= 0.3 is 0 Å². The number of hydrogen-bond acceptors (Lipinski definition) is 5. The van der Waals surface area contributed by atoms with Crippen molar-refractivity contribution in [2.75, 3.05) is 22.5 Å². The molecule has 0 spiro atoms. The summed E-state index contributed by atoms with van der Waals surface area (Å²) in [6.45, 7) is 5.32. The molecule has 1 atom stereocenters. The first-order valence-electron chi connectivity index (χ1n) is 8.53. The molecule has 5 nitrogen and oxygen atoms in total. The summed E-state index contributed by atoms with van der Waals surface area (Å²) in [5.41, 5.74) is 7.51. The highest BCUT2D eigenvalue weighted by molar-refractivity contribution is 5.61. The van der Waals surface area contributed by atoms with E-state index in [1.165, 1.54) is 25.0 Å². The lowest BCUT2D eigenvalue weighted by atomic mass is 10.2. The fourth-order valence-electron chi connectivity index (χ4n) is 3.10. The predicted octanol–water partition coefficient (Wildman–Crippen LogP) is 3.88. The zero-order chi connectivity index (χ0) is 17.1. The van der Waals surface area contributed by atoms with Crippen molar-refractivity contribution in [3.8, 4) is 0 Å². The number of hydrogen-bond donors (Lipinski definition) is 2. The van der Waals surface area contributed by atoms with Crippen LogP contribution in [0.25, 0.3) is 0 Å². The van der Waals surface area contributed by atoms with Crippen LogP contribution < -0.4 is 16.0 Å². The van der Waals surface area contributed by atoms with Gasteiger partial charge in [-0.25, -0.2) is 9.37 Å². The molecule has 3 N–H and O–H groups in total. The fourth-order valence-corrected chi connectivity index (χ4v) is 3.10. The van der Waals surface area contributed by atoms with Crippen LogP contribution in [0.3, 0.4) is 0 Å². The third-order valence-corrected chi connectivity index (χ3v) is 4.36. The molecular formula is C18H24FN5. The van der Waals surface area contributed by atoms with Crippen LogP contribution in [0.1, 0.15) is 38.8 Å². The van der Waals surface area contributed by atoms with Crippen molar-refractivity contribution in [2.45, 2.75) is 45.6 Å². The molecule has 1 aliphatic rings. The molecule has 1 aromatic carbocycles. The number of aryl methyl sites for hydroxylation is 1. The van der Waals surface area contributed by atoms with Crippen molar-refractivity contribution in [3.63, 3.8) is 0 Å². The minimum Gasteiger partial charge on any atom is -0.399 e. The summed E-state index contributed by atoms with van der Waals surface area (Å²) in [4.78, 5) is 11.4. The number of halogens is 1. The molecule has 1 saturated heterocycles. The van der Waals surface area contributed by atoms with Crippen LogP contribution in [0.15, 0.2) is 24.3 Å². The van der Waals surface area contributed by atoms with Gasteiger partial charge in [-0.15, -0.1) is 0 Å². The van der Waals surface area contributed by atoms with E-state index in [0.717, 1.165) is 30.9 Å². The molecular weight excluding hydrogens is 305 g/mol. The van der Waals surface area contributed by atoms with Crippen LogP contribution in [-0.2, 0) is 6.42 Å². The second-order valence-electron chi connectivity index (χ2n) is 6.34. The van der Waals surface area contributed by atoms with Crippen molar-refractivity contribution in [3.05, 3.63) is 35.8 Å². The van der Waals surface area contributed by atoms with E-state index in [0.29, 0.717) is 23.4 Å². The van der Waals surface area contributed by atoms with Gasteiger partial charge in [0, 0.05) is 30.0 Å². The van der Waals surface area contributed by atoms with Crippen molar-refractivity contribution in [1.29, 1.82) is 0 Å². The summed E-state index contributed by atoms with van der Waals surface area (Å²) in [5, 5.41) is 2.99. The van der Waals surface area contributed by atoms with E-state index >= 15 is 0 Å². The molecule has 128 valence electrons. The van der Waals surface area contributed by atoms with Crippen LogP contribution in [0, 0.1) is 5.82 Å². The Balaban J connectivity index is 1.94. The van der Waals surface area contributed by atoms with E-state index in [9.17, 15) is 4.39 Å². The summed E-state index contributed by atoms with van der Waals surface area (Å²) in [5.74, 6) is 0.953. The first-order valence-corrected chi connectivity index (χ1v) is 8.53. The summed E-state index contributed by atoms with van der Waals surface area (Å²) in [6, 6.07) is 6.95. The van der Waals surface area contributed by atoms with Gasteiger partial charge in [0.05, 0.1) is 5.69 Å². The second kappa shape index (κ2) is 7.03. The second-order valence-corrected chi connectivity index (χ2v) is 6.34. The fraction of sp³-hybridized carbons (Fsp3) is 0.444. The van der Waals surface area contributed by atoms with Gasteiger partial charge in [0.25, 0.3) is 0 Å². The standard InChI is InChI=1S/C18H24FN5/c1-3-5-14-11-17(24-9-4-6-12(24)2)23-18(21-14)22-16-10-13(20)7-8-15(16)19/h7-8,10-12H,3-6,9,20H2,1-2H3,(H,21,22,23)/t12-/m1/s1. The maximum absolute atomic E-state index is 14.0. The monoisotopic (exact) mass is 329 g/mol. The van der Waals surface area contributed by atoms with E-state index in [2.05, 4.69) is 34.0 Å². The zero-order valence-corrected chi connectivity index (χ0v) is 14.2. The highest BCUT2D eigenvalue weighted by Gasteiger charge is 2.22. The van der Waals surface area contributed by atoms with E-state index in [1.54, 1.807) is 6.07 Å². The number of nitrogens with one attached hydrogen (secondary N) is 1. The van der Waals surface area contributed by atoms with Crippen molar-refractivity contribution in [2.24, 2.45) is 0 Å². The number of aromatic nitrogens is 2. The molecule has 1 aliphatic heterocycles. The Bertz CT molecular complexity index is 719. The number of anilines is 4. The van der Waals surface area contributed by atoms with Gasteiger partial charge < -0.3 is 16.0 Å². The average Bonchev–Trinajstić information content (AvgIpc) is 2.97. The van der Waals surface area contributed by atoms with Crippen LogP contribution in [0.2, 0.25) is 0 Å². The summed E-state index contributed by atoms with van der Waals surface area (Å²) in [6.07, 6.45) is 4.20. The van der Waals surface area contributed by atoms with Gasteiger partial charge in [0.15, 0.2) is 0 Å². The highest BCUT2D eigenvalue weighted by Crippen LogP contribution is 2.27. The molecule has 2 aromatic rings. The first kappa shape index (κ1) is 16.5. The normalized spacial score (nSPS) is 17.3. The highest BCUT2D eigenvalue weighted by atomic mass is 19.1. The first-order chi connectivity index (χ1) is 11.6. The van der Waals surface area contributed by atoms with Gasteiger partial charge in [0.1, 0.15) is 11.6 Å². The summed E-state index contributed by atoms with van der Waals surface area (Å²) in [7, 11) is 0. The lowest BCUT2D eigenvalue weighted by Gasteiger charge is -2.23. The lowest BCUT2D eigenvalue weighted by molar-refractivity contribution is 0.631. The van der Waals surface area contributed by atoms with E-state index in [-0.39, 0.29) is 5.82 Å². The third-order valence-electron chi connectivity index (χ3n) is 4.36. The number of nitrogens with zero attached hydrogens (tertiary/aromatic N) is 3. The van der Waals surface area contributed by atoms with E-state index in [4.69, 9.17) is 5.73 Å². The minimum atomic E-state index is -0.371. The Labute approximate surface area is 142 Å². The topological polar surface area (TPSA) is 67.1 Å². The quantitative estimate of drug-likeness (QED) is 0.815. The molecule has 0 aliphatic carbocycles. The van der Waals surface area contributed by atoms with Gasteiger partial charge in [-0.2, -0.15) is 4.98 Å². The minimum absolute atomic E-state index is 0.295. The van der Waals surface area contributed by atoms with Crippen LogP contribution in [0.4, 0.5) is 27.5 Å². The molecule has 1 aromatic heterocycles. The molecule has 0 unspecified atom stereocenters. The molecule has 0 bridgehead atoms. The Morgan fingerprint density at radius 2 is 2.17 bits per heavy atom. The van der Waals surface area contributed by atoms with Crippen molar-refractivity contribution >= 4 is 23.1 Å². The lowest BCUT2D eigenvalue weighted by Crippen LogP contribution is -2.27. The maximum Gasteiger partial charge on any atom is 0.229 e. The molecule has 1 fully saturated rings. The van der Waals surface area contributed by atoms with Crippen LogP contribution in [0.5, 0.6) is 0 Å². The molecule has 0 saturated carbocycles. The molecule has 2 heterocycles. The SMILES string of the molecule is CCCc1cc(N2CCC[C@H]2C)nc(Nc2cc(N)ccc2F)n1. The molecule has 0 radical (unpaired) electrons. The predicted molar refractivity (Wildman–Crippen MR) is 96.2 cm³/mol. The summed E-state index contributed by atoms with van der Waals surface area (Å²) < 4.78 is 14.0.